The number of nitrogens with one attached hydrogen (secondary N) is 4. The van der Waals surface area contributed by atoms with E-state index in [9.17, 15) is 9.59 Å². The van der Waals surface area contributed by atoms with Gasteiger partial charge in [-0.3, -0.25) is 38.5 Å². The van der Waals surface area contributed by atoms with E-state index in [1.807, 2.05) is 151 Å². The van der Waals surface area contributed by atoms with Crippen LogP contribution in [0.4, 0.5) is 0 Å². The van der Waals surface area contributed by atoms with E-state index >= 15 is 24.0 Å². The molecule has 2 aliphatic rings. The number of carbonyl (C=O) groups is 7. The van der Waals surface area contributed by atoms with Crippen molar-refractivity contribution in [3.05, 3.63) is 139 Å². The van der Waals surface area contributed by atoms with Gasteiger partial charge in [0.1, 0.15) is 42.3 Å². The molecule has 2 aliphatic heterocycles. The first-order valence-corrected chi connectivity index (χ1v) is 27.0. The molecule has 2 bridgehead atoms. The summed E-state index contributed by atoms with van der Waals surface area (Å²) in [6.45, 7) is 17.6. The monoisotopic (exact) mass is 1050 g/mol. The number of nitrogens with zero attached hydrogens (tertiary/aromatic N) is 5. The van der Waals surface area contributed by atoms with Crippen LogP contribution in [-0.2, 0) is 58.4 Å². The zero-order valence-corrected chi connectivity index (χ0v) is 46.1. The van der Waals surface area contributed by atoms with Crippen LogP contribution in [0.25, 0.3) is 21.8 Å². The van der Waals surface area contributed by atoms with Gasteiger partial charge >= 0.3 is 0 Å². The average molecular weight is 1050 g/mol. The molecule has 3 aromatic carbocycles. The van der Waals surface area contributed by atoms with Gasteiger partial charge in [-0.1, -0.05) is 113 Å². The van der Waals surface area contributed by atoms with Crippen molar-refractivity contribution in [2.75, 3.05) is 20.6 Å². The van der Waals surface area contributed by atoms with Gasteiger partial charge in [0.05, 0.1) is 11.1 Å². The smallest absolute Gasteiger partial charge is 0.246 e. The molecule has 0 radical (unpaired) electrons. The molecule has 7 amide bonds. The van der Waals surface area contributed by atoms with Crippen molar-refractivity contribution < 1.29 is 33.6 Å². The van der Waals surface area contributed by atoms with Gasteiger partial charge < -0.3 is 40.5 Å². The molecule has 1 fully saturated rings. The third-order valence-electron chi connectivity index (χ3n) is 15.0. The molecule has 0 unspecified atom stereocenters. The van der Waals surface area contributed by atoms with Crippen LogP contribution in [-0.4, -0.2) is 129 Å². The molecule has 1 saturated heterocycles. The molecule has 408 valence electrons. The highest BCUT2D eigenvalue weighted by Gasteiger charge is 2.41. The van der Waals surface area contributed by atoms with Crippen molar-refractivity contribution >= 4 is 63.2 Å². The Hall–Kier alpha value is -7.62. The number of allylic oxidation sites excluding steroid dienone is 1. The predicted molar refractivity (Wildman–Crippen MR) is 300 cm³/mol. The summed E-state index contributed by atoms with van der Waals surface area (Å²) < 4.78 is 2.08. The standard InChI is InChI=1S/C61H77N9O7/c1-11-61(7,8)70-37-44(45-25-18-20-27-50(45)70)35-49-59(76)68(10)52(30-38(2)3)56(73)64-48(34-42-32-43-24-17-19-26-46(43)62-36-42)54(71)63-40(6)58(75)67(9)51-28-16-13-21-29-69(60(51)77)53(31-39(4)5)57(74)65-47(55(72)66-49)33-41-22-14-12-15-23-41/h11-20,22-27,32,36-40,47-49,51-53H,1,21,28-31,33-35H2,2-10H3,(H,63,71)(H,64,73)(H,65,74)(H,66,72)/b16-13-/t40-,47-,48-,49-,51-,52-,53-/m0/s1. The molecule has 0 saturated carbocycles. The second-order valence-electron chi connectivity index (χ2n) is 22.2. The van der Waals surface area contributed by atoms with Gasteiger partial charge in [0, 0.05) is 68.6 Å². The number of fused-ring (bicyclic) bond motifs is 4. The minimum absolute atomic E-state index is 0.00966. The van der Waals surface area contributed by atoms with Crippen LogP contribution in [0, 0.1) is 11.8 Å². The number of likely N-dealkylation sites (N-methyl/N-ethyl adjacent to an activating group) is 2. The SMILES string of the molecule is C=CC(C)(C)n1cc(C[C@@H]2NC(=O)[C@H](Cc3ccccc3)NC(=O)[C@H](CC(C)C)N3CC/C=C\C[C@@H](C3=O)N(C)C(=O)[C@H](C)NC(=O)[C@H](Cc3cnc4ccccc4c3)NC(=O)[C@H](CC(C)C)N(C)C2=O)c2ccccc21. The van der Waals surface area contributed by atoms with Crippen molar-refractivity contribution in [2.45, 2.75) is 141 Å². The second kappa shape index (κ2) is 25.0. The van der Waals surface area contributed by atoms with Crippen LogP contribution in [0.15, 0.2) is 122 Å². The summed E-state index contributed by atoms with van der Waals surface area (Å²) in [5, 5.41) is 13.6. The maximum atomic E-state index is 15.6. The first-order valence-electron chi connectivity index (χ1n) is 27.0. The highest BCUT2D eigenvalue weighted by Crippen LogP contribution is 2.30. The summed E-state index contributed by atoms with van der Waals surface area (Å²) in [4.78, 5) is 114. The van der Waals surface area contributed by atoms with E-state index in [4.69, 9.17) is 0 Å². The molecule has 4 N–H and O–H groups in total. The van der Waals surface area contributed by atoms with E-state index in [-0.39, 0.29) is 56.9 Å². The van der Waals surface area contributed by atoms with Crippen LogP contribution in [0.2, 0.25) is 0 Å². The number of hydrogen-bond acceptors (Lipinski definition) is 8. The third-order valence-corrected chi connectivity index (χ3v) is 15.0. The van der Waals surface area contributed by atoms with Crippen LogP contribution < -0.4 is 21.3 Å². The van der Waals surface area contributed by atoms with E-state index in [1.54, 1.807) is 6.20 Å². The predicted octanol–water partition coefficient (Wildman–Crippen LogP) is 6.40. The molecule has 2 aromatic heterocycles. The van der Waals surface area contributed by atoms with Crippen LogP contribution in [0.3, 0.4) is 0 Å². The summed E-state index contributed by atoms with van der Waals surface area (Å²) in [6.07, 6.45) is 10.2. The summed E-state index contributed by atoms with van der Waals surface area (Å²) in [7, 11) is 3.03. The Kier molecular flexibility index (Phi) is 18.6. The minimum atomic E-state index is -1.29. The molecule has 0 aliphatic carbocycles. The Labute approximate surface area is 453 Å². The molecular formula is C61H77N9O7. The first-order chi connectivity index (χ1) is 36.7. The zero-order chi connectivity index (χ0) is 55.7. The molecular weight excluding hydrogens is 971 g/mol. The lowest BCUT2D eigenvalue weighted by molar-refractivity contribution is -0.150. The van der Waals surface area contributed by atoms with E-state index < -0.39 is 89.2 Å². The van der Waals surface area contributed by atoms with Crippen molar-refractivity contribution in [1.82, 2.24) is 45.5 Å². The zero-order valence-electron chi connectivity index (χ0n) is 46.1. The maximum Gasteiger partial charge on any atom is 0.246 e. The summed E-state index contributed by atoms with van der Waals surface area (Å²) in [5.74, 6) is -4.33. The van der Waals surface area contributed by atoms with E-state index in [0.29, 0.717) is 12.0 Å². The van der Waals surface area contributed by atoms with Gasteiger partial charge in [-0.2, -0.15) is 0 Å². The fraction of sp³-hybridized carbons (Fsp3) is 0.443. The number of hydrogen-bond donors (Lipinski definition) is 4. The van der Waals surface area contributed by atoms with E-state index in [0.717, 1.165) is 32.9 Å². The van der Waals surface area contributed by atoms with Gasteiger partial charge in [-0.15, -0.1) is 6.58 Å². The van der Waals surface area contributed by atoms with Gasteiger partial charge in [0.15, 0.2) is 0 Å². The molecule has 5 aromatic rings. The number of pyridine rings is 1. The van der Waals surface area contributed by atoms with Gasteiger partial charge in [0.2, 0.25) is 41.4 Å². The Morgan fingerprint density at radius 1 is 0.662 bits per heavy atom. The second-order valence-corrected chi connectivity index (χ2v) is 22.2. The van der Waals surface area contributed by atoms with Crippen molar-refractivity contribution in [3.63, 3.8) is 0 Å². The van der Waals surface area contributed by atoms with E-state index in [1.165, 1.54) is 35.7 Å². The lowest BCUT2D eigenvalue weighted by Gasteiger charge is -2.38. The summed E-state index contributed by atoms with van der Waals surface area (Å²) in [6, 6.07) is 18.2. The molecule has 4 heterocycles. The minimum Gasteiger partial charge on any atom is -0.343 e. The maximum absolute atomic E-state index is 15.6. The molecule has 16 heteroatoms. The first kappa shape index (κ1) is 57.1. The number of para-hydroxylation sites is 2. The topological polar surface area (TPSA) is 195 Å². The highest BCUT2D eigenvalue weighted by atomic mass is 16.2. The number of amides is 7. The Bertz CT molecular complexity index is 3000. The van der Waals surface area contributed by atoms with E-state index in [2.05, 4.69) is 37.4 Å². The van der Waals surface area contributed by atoms with Crippen molar-refractivity contribution in [2.24, 2.45) is 11.8 Å². The third kappa shape index (κ3) is 13.7. The van der Waals surface area contributed by atoms with Crippen molar-refractivity contribution in [1.29, 1.82) is 0 Å². The molecule has 0 spiro atoms. The Morgan fingerprint density at radius 2 is 1.26 bits per heavy atom. The van der Waals surface area contributed by atoms with Crippen LogP contribution >= 0.6 is 0 Å². The average Bonchev–Trinajstić information content (AvgIpc) is 3.84. The number of benzene rings is 3. The lowest BCUT2D eigenvalue weighted by Crippen LogP contribution is -2.61. The molecule has 16 nitrogen and oxygen atoms in total. The van der Waals surface area contributed by atoms with Gasteiger partial charge in [-0.25, -0.2) is 0 Å². The van der Waals surface area contributed by atoms with Crippen molar-refractivity contribution in [3.8, 4) is 0 Å². The normalized spacial score (nSPS) is 23.5. The Balaban J connectivity index is 1.38. The highest BCUT2D eigenvalue weighted by molar-refractivity contribution is 5.99. The summed E-state index contributed by atoms with van der Waals surface area (Å²) >= 11 is 0. The van der Waals surface area contributed by atoms with Crippen LogP contribution in [0.5, 0.6) is 0 Å². The largest absolute Gasteiger partial charge is 0.343 e. The number of rotatable bonds is 12. The fourth-order valence-corrected chi connectivity index (χ4v) is 10.5. The van der Waals surface area contributed by atoms with Gasteiger partial charge in [-0.05, 0) is 93.2 Å². The number of aromatic nitrogens is 2. The van der Waals surface area contributed by atoms with Gasteiger partial charge in [0.25, 0.3) is 0 Å². The Morgan fingerprint density at radius 3 is 1.95 bits per heavy atom. The quantitative estimate of drug-likeness (QED) is 0.103. The van der Waals surface area contributed by atoms with Crippen LogP contribution in [0.1, 0.15) is 90.8 Å². The summed E-state index contributed by atoms with van der Waals surface area (Å²) in [5.41, 5.74) is 3.19. The molecule has 7 rings (SSSR count). The molecule has 7 atom stereocenters. The molecule has 77 heavy (non-hydrogen) atoms. The number of carbonyl (C=O) groups excluding carboxylic acids is 7. The lowest BCUT2D eigenvalue weighted by atomic mass is 9.97. The fourth-order valence-electron chi connectivity index (χ4n) is 10.5.